The van der Waals surface area contributed by atoms with Crippen LogP contribution in [0, 0.1) is 0 Å². The molecule has 0 unspecified atom stereocenters. The first-order valence-corrected chi connectivity index (χ1v) is 6.03. The third-order valence-corrected chi connectivity index (χ3v) is 3.18. The van der Waals surface area contributed by atoms with Crippen LogP contribution in [0.25, 0.3) is 11.0 Å². The van der Waals surface area contributed by atoms with Crippen LogP contribution in [0.4, 0.5) is 4.79 Å². The molecule has 9 heteroatoms. The Kier molecular flexibility index (Phi) is 2.74. The summed E-state index contributed by atoms with van der Waals surface area (Å²) in [6, 6.07) is -0.432. The highest BCUT2D eigenvalue weighted by molar-refractivity contribution is 5.95. The standard InChI is InChI=1S/C11H12N6O3/c1-15-9-7(4-14-15)10(19)16(6-13-9)5-8(18)17-3-2-12-11(17)20/h4,6H,2-3,5H2,1H3,(H,12,20). The van der Waals surface area contributed by atoms with Gasteiger partial charge < -0.3 is 5.32 Å². The van der Waals surface area contributed by atoms with Crippen LogP contribution in [0.1, 0.15) is 0 Å². The summed E-state index contributed by atoms with van der Waals surface area (Å²) in [7, 11) is 1.68. The monoisotopic (exact) mass is 276 g/mol. The first-order chi connectivity index (χ1) is 9.58. The highest BCUT2D eigenvalue weighted by Gasteiger charge is 2.26. The summed E-state index contributed by atoms with van der Waals surface area (Å²) in [6.45, 7) is 0.526. The van der Waals surface area contributed by atoms with Gasteiger partial charge in [-0.3, -0.25) is 23.7 Å². The van der Waals surface area contributed by atoms with Crippen LogP contribution in [0.15, 0.2) is 17.3 Å². The van der Waals surface area contributed by atoms with E-state index >= 15 is 0 Å². The molecule has 1 saturated heterocycles. The number of hydrogen-bond donors (Lipinski definition) is 1. The van der Waals surface area contributed by atoms with Gasteiger partial charge >= 0.3 is 6.03 Å². The van der Waals surface area contributed by atoms with E-state index in [0.29, 0.717) is 24.1 Å². The molecule has 1 N–H and O–H groups in total. The molecule has 1 aliphatic heterocycles. The van der Waals surface area contributed by atoms with Crippen molar-refractivity contribution in [3.05, 3.63) is 22.9 Å². The van der Waals surface area contributed by atoms with E-state index in [2.05, 4.69) is 15.4 Å². The van der Waals surface area contributed by atoms with Gasteiger partial charge in [-0.15, -0.1) is 0 Å². The number of aryl methyl sites for hydroxylation is 1. The van der Waals surface area contributed by atoms with E-state index in [-0.39, 0.29) is 12.1 Å². The lowest BCUT2D eigenvalue weighted by molar-refractivity contribution is -0.128. The molecule has 0 bridgehead atoms. The Morgan fingerprint density at radius 3 is 2.95 bits per heavy atom. The number of nitrogens with one attached hydrogen (secondary N) is 1. The van der Waals surface area contributed by atoms with Gasteiger partial charge in [-0.05, 0) is 0 Å². The third-order valence-electron chi connectivity index (χ3n) is 3.18. The minimum atomic E-state index is -0.438. The second-order valence-electron chi connectivity index (χ2n) is 4.46. The first kappa shape index (κ1) is 12.3. The summed E-state index contributed by atoms with van der Waals surface area (Å²) in [5, 5.41) is 6.82. The largest absolute Gasteiger partial charge is 0.336 e. The SMILES string of the molecule is Cn1ncc2c(=O)n(CC(=O)N3CCNC3=O)cnc21. The van der Waals surface area contributed by atoms with Crippen molar-refractivity contribution in [2.75, 3.05) is 13.1 Å². The van der Waals surface area contributed by atoms with Crippen molar-refractivity contribution in [2.45, 2.75) is 6.54 Å². The van der Waals surface area contributed by atoms with Crippen molar-refractivity contribution >= 4 is 23.0 Å². The third kappa shape index (κ3) is 1.83. The lowest BCUT2D eigenvalue weighted by atomic mass is 10.4. The predicted octanol–water partition coefficient (Wildman–Crippen LogP) is -1.32. The summed E-state index contributed by atoms with van der Waals surface area (Å²) in [5.74, 6) is -0.438. The van der Waals surface area contributed by atoms with Gasteiger partial charge in [-0.25, -0.2) is 9.78 Å². The minimum Gasteiger partial charge on any atom is -0.336 e. The zero-order chi connectivity index (χ0) is 14.3. The molecule has 2 aromatic heterocycles. The van der Waals surface area contributed by atoms with E-state index in [1.165, 1.54) is 21.8 Å². The smallest absolute Gasteiger partial charge is 0.324 e. The van der Waals surface area contributed by atoms with Gasteiger partial charge in [0.1, 0.15) is 18.3 Å². The number of amides is 3. The molecule has 104 valence electrons. The molecule has 2 aromatic rings. The minimum absolute atomic E-state index is 0.218. The van der Waals surface area contributed by atoms with Crippen LogP contribution in [0.5, 0.6) is 0 Å². The average Bonchev–Trinajstić information content (AvgIpc) is 3.00. The van der Waals surface area contributed by atoms with Gasteiger partial charge in [-0.2, -0.15) is 5.10 Å². The number of hydrogen-bond acceptors (Lipinski definition) is 5. The number of carbonyl (C=O) groups is 2. The first-order valence-electron chi connectivity index (χ1n) is 6.03. The van der Waals surface area contributed by atoms with Gasteiger partial charge in [0.2, 0.25) is 0 Å². The Bertz CT molecular complexity index is 761. The van der Waals surface area contributed by atoms with Crippen LogP contribution < -0.4 is 10.9 Å². The van der Waals surface area contributed by atoms with E-state index in [4.69, 9.17) is 0 Å². The summed E-state index contributed by atoms with van der Waals surface area (Å²) in [4.78, 5) is 40.7. The highest BCUT2D eigenvalue weighted by Crippen LogP contribution is 2.04. The Morgan fingerprint density at radius 1 is 1.45 bits per heavy atom. The number of carbonyl (C=O) groups excluding carboxylic acids is 2. The fourth-order valence-corrected chi connectivity index (χ4v) is 2.12. The fraction of sp³-hybridized carbons (Fsp3) is 0.364. The summed E-state index contributed by atoms with van der Waals surface area (Å²) in [5.41, 5.74) is 0.105. The maximum atomic E-state index is 12.2. The Balaban J connectivity index is 1.91. The van der Waals surface area contributed by atoms with Crippen molar-refractivity contribution in [1.82, 2.24) is 29.5 Å². The molecule has 0 aromatic carbocycles. The molecule has 1 fully saturated rings. The van der Waals surface area contributed by atoms with Crippen LogP contribution in [-0.4, -0.2) is 49.3 Å². The van der Waals surface area contributed by atoms with Gasteiger partial charge in [0.25, 0.3) is 11.5 Å². The van der Waals surface area contributed by atoms with E-state index in [0.717, 1.165) is 4.90 Å². The Labute approximate surface area is 112 Å². The van der Waals surface area contributed by atoms with E-state index < -0.39 is 11.9 Å². The molecule has 3 rings (SSSR count). The molecular weight excluding hydrogens is 264 g/mol. The van der Waals surface area contributed by atoms with Crippen LogP contribution in [0.2, 0.25) is 0 Å². The summed E-state index contributed by atoms with van der Waals surface area (Å²) < 4.78 is 2.66. The number of aromatic nitrogens is 4. The molecule has 1 aliphatic rings. The van der Waals surface area contributed by atoms with Crippen molar-refractivity contribution in [2.24, 2.45) is 7.05 Å². The Morgan fingerprint density at radius 2 is 2.25 bits per heavy atom. The molecule has 0 saturated carbocycles. The predicted molar refractivity (Wildman–Crippen MR) is 67.9 cm³/mol. The fourth-order valence-electron chi connectivity index (χ4n) is 2.12. The Hall–Kier alpha value is -2.71. The van der Waals surface area contributed by atoms with Crippen LogP contribution in [0.3, 0.4) is 0 Å². The molecule has 0 spiro atoms. The van der Waals surface area contributed by atoms with E-state index in [1.54, 1.807) is 7.05 Å². The van der Waals surface area contributed by atoms with Gasteiger partial charge in [0.05, 0.1) is 6.20 Å². The molecule has 3 heterocycles. The molecule has 0 radical (unpaired) electrons. The second kappa shape index (κ2) is 4.44. The maximum absolute atomic E-state index is 12.2. The number of rotatable bonds is 2. The van der Waals surface area contributed by atoms with E-state index in [9.17, 15) is 14.4 Å². The van der Waals surface area contributed by atoms with Crippen LogP contribution >= 0.6 is 0 Å². The maximum Gasteiger partial charge on any atom is 0.324 e. The van der Waals surface area contributed by atoms with Crippen molar-refractivity contribution in [3.8, 4) is 0 Å². The second-order valence-corrected chi connectivity index (χ2v) is 4.46. The molecule has 3 amide bonds. The molecule has 0 atom stereocenters. The molecule has 0 aliphatic carbocycles. The summed E-state index contributed by atoms with van der Waals surface area (Å²) >= 11 is 0. The van der Waals surface area contributed by atoms with Crippen LogP contribution in [-0.2, 0) is 18.4 Å². The topological polar surface area (TPSA) is 102 Å². The lowest BCUT2D eigenvalue weighted by Gasteiger charge is -2.12. The summed E-state index contributed by atoms with van der Waals surface area (Å²) in [6.07, 6.45) is 2.70. The van der Waals surface area contributed by atoms with Crippen molar-refractivity contribution in [3.63, 3.8) is 0 Å². The molecule has 20 heavy (non-hydrogen) atoms. The zero-order valence-electron chi connectivity index (χ0n) is 10.7. The number of fused-ring (bicyclic) bond motifs is 1. The normalized spacial score (nSPS) is 14.8. The number of imide groups is 1. The van der Waals surface area contributed by atoms with Crippen molar-refractivity contribution < 1.29 is 9.59 Å². The van der Waals surface area contributed by atoms with Gasteiger partial charge in [0, 0.05) is 20.1 Å². The number of nitrogens with zero attached hydrogens (tertiary/aromatic N) is 5. The number of urea groups is 1. The van der Waals surface area contributed by atoms with E-state index in [1.807, 2.05) is 0 Å². The molecular formula is C11H12N6O3. The highest BCUT2D eigenvalue weighted by atomic mass is 16.2. The van der Waals surface area contributed by atoms with Gasteiger partial charge in [0.15, 0.2) is 5.65 Å². The zero-order valence-corrected chi connectivity index (χ0v) is 10.7. The van der Waals surface area contributed by atoms with Crippen molar-refractivity contribution in [1.29, 1.82) is 0 Å². The molecule has 9 nitrogen and oxygen atoms in total. The average molecular weight is 276 g/mol. The lowest BCUT2D eigenvalue weighted by Crippen LogP contribution is -2.38. The van der Waals surface area contributed by atoms with Gasteiger partial charge in [-0.1, -0.05) is 0 Å². The quantitative estimate of drug-likeness (QED) is 0.733.